The van der Waals surface area contributed by atoms with E-state index in [0.29, 0.717) is 5.75 Å². The number of hydrogen-bond acceptors (Lipinski definition) is 4. The zero-order chi connectivity index (χ0) is 15.6. The molecule has 0 amide bonds. The van der Waals surface area contributed by atoms with Gasteiger partial charge in [0.05, 0.1) is 0 Å². The molecule has 3 aromatic rings. The minimum atomic E-state index is -4.58. The summed E-state index contributed by atoms with van der Waals surface area (Å²) >= 11 is 0. The van der Waals surface area contributed by atoms with Crippen LogP contribution in [0.2, 0.25) is 0 Å². The Bertz CT molecular complexity index is 771. The summed E-state index contributed by atoms with van der Waals surface area (Å²) in [6.45, 7) is 0. The van der Waals surface area contributed by atoms with Gasteiger partial charge in [-0.25, -0.2) is 9.97 Å². The molecule has 0 radical (unpaired) electrons. The van der Waals surface area contributed by atoms with Crippen LogP contribution < -0.4 is 4.74 Å². The first-order valence-corrected chi connectivity index (χ1v) is 6.22. The summed E-state index contributed by atoms with van der Waals surface area (Å²) < 4.78 is 43.0. The molecule has 112 valence electrons. The Balaban J connectivity index is 1.86. The minimum Gasteiger partial charge on any atom is -0.439 e. The van der Waals surface area contributed by atoms with Gasteiger partial charge in [0.15, 0.2) is 5.82 Å². The highest BCUT2D eigenvalue weighted by Crippen LogP contribution is 2.28. The number of aromatic nitrogens is 4. The van der Waals surface area contributed by atoms with Crippen LogP contribution in [0.1, 0.15) is 5.82 Å². The fraction of sp³-hybridized carbons (Fsp3) is 0.0714. The molecule has 2 aromatic heterocycles. The van der Waals surface area contributed by atoms with Gasteiger partial charge in [0.1, 0.15) is 11.4 Å². The van der Waals surface area contributed by atoms with Crippen molar-refractivity contribution in [2.75, 3.05) is 0 Å². The summed E-state index contributed by atoms with van der Waals surface area (Å²) in [7, 11) is 0. The minimum absolute atomic E-state index is 0.147. The smallest absolute Gasteiger partial charge is 0.439 e. The molecule has 0 saturated heterocycles. The quantitative estimate of drug-likeness (QED) is 0.801. The predicted molar refractivity (Wildman–Crippen MR) is 71.1 cm³/mol. The van der Waals surface area contributed by atoms with Gasteiger partial charge in [0, 0.05) is 6.07 Å². The van der Waals surface area contributed by atoms with Crippen molar-refractivity contribution in [3.05, 3.63) is 54.4 Å². The Labute approximate surface area is 122 Å². The SMILES string of the molecule is FC(F)(F)c1nc(-c2cccc(Oc3ccccc3)n2)n[nH]1. The number of nitrogens with one attached hydrogen (secondary N) is 1. The number of rotatable bonds is 3. The van der Waals surface area contributed by atoms with Crippen LogP contribution in [0.4, 0.5) is 13.2 Å². The monoisotopic (exact) mass is 306 g/mol. The van der Waals surface area contributed by atoms with E-state index in [-0.39, 0.29) is 17.4 Å². The lowest BCUT2D eigenvalue weighted by Gasteiger charge is -2.04. The van der Waals surface area contributed by atoms with Gasteiger partial charge in [-0.05, 0) is 18.2 Å². The summed E-state index contributed by atoms with van der Waals surface area (Å²) in [5, 5.41) is 5.37. The Hall–Kier alpha value is -2.90. The van der Waals surface area contributed by atoms with Crippen molar-refractivity contribution in [1.29, 1.82) is 0 Å². The largest absolute Gasteiger partial charge is 0.451 e. The average molecular weight is 306 g/mol. The number of aromatic amines is 1. The van der Waals surface area contributed by atoms with Crippen LogP contribution in [0.25, 0.3) is 11.5 Å². The number of para-hydroxylation sites is 1. The third-order valence-corrected chi connectivity index (χ3v) is 2.67. The molecule has 0 unspecified atom stereocenters. The van der Waals surface area contributed by atoms with Gasteiger partial charge in [0.25, 0.3) is 0 Å². The lowest BCUT2D eigenvalue weighted by molar-refractivity contribution is -0.144. The molecular weight excluding hydrogens is 297 g/mol. The van der Waals surface area contributed by atoms with Gasteiger partial charge < -0.3 is 4.74 Å². The molecular formula is C14H9F3N4O. The third-order valence-electron chi connectivity index (χ3n) is 2.67. The topological polar surface area (TPSA) is 63.7 Å². The summed E-state index contributed by atoms with van der Waals surface area (Å²) in [5.74, 6) is -0.510. The molecule has 0 bridgehead atoms. The van der Waals surface area contributed by atoms with Crippen molar-refractivity contribution in [2.24, 2.45) is 0 Å². The molecule has 2 heterocycles. The van der Waals surface area contributed by atoms with E-state index in [1.807, 2.05) is 11.2 Å². The van der Waals surface area contributed by atoms with E-state index in [4.69, 9.17) is 4.74 Å². The van der Waals surface area contributed by atoms with E-state index in [1.54, 1.807) is 36.4 Å². The van der Waals surface area contributed by atoms with Gasteiger partial charge in [0.2, 0.25) is 11.7 Å². The van der Waals surface area contributed by atoms with Crippen molar-refractivity contribution >= 4 is 0 Å². The highest BCUT2D eigenvalue weighted by Gasteiger charge is 2.35. The van der Waals surface area contributed by atoms with Crippen molar-refractivity contribution in [2.45, 2.75) is 6.18 Å². The molecule has 0 saturated carbocycles. The molecule has 1 aromatic carbocycles. The number of nitrogens with zero attached hydrogens (tertiary/aromatic N) is 3. The van der Waals surface area contributed by atoms with Gasteiger partial charge >= 0.3 is 6.18 Å². The van der Waals surface area contributed by atoms with E-state index in [9.17, 15) is 13.2 Å². The number of pyridine rings is 1. The lowest BCUT2D eigenvalue weighted by atomic mass is 10.3. The molecule has 0 fully saturated rings. The first-order chi connectivity index (χ1) is 10.5. The van der Waals surface area contributed by atoms with E-state index in [1.165, 1.54) is 6.07 Å². The maximum Gasteiger partial charge on any atom is 0.451 e. The lowest BCUT2D eigenvalue weighted by Crippen LogP contribution is -2.07. The Kier molecular flexibility index (Phi) is 3.50. The van der Waals surface area contributed by atoms with Crippen LogP contribution >= 0.6 is 0 Å². The summed E-state index contributed by atoms with van der Waals surface area (Å²) in [5.41, 5.74) is 0.181. The molecule has 3 rings (SSSR count). The third kappa shape index (κ3) is 3.05. The highest BCUT2D eigenvalue weighted by atomic mass is 19.4. The van der Waals surface area contributed by atoms with Gasteiger partial charge in [-0.15, -0.1) is 0 Å². The van der Waals surface area contributed by atoms with Crippen LogP contribution in [0.5, 0.6) is 11.6 Å². The number of benzene rings is 1. The number of ether oxygens (including phenoxy) is 1. The molecule has 8 heteroatoms. The second-order valence-corrected chi connectivity index (χ2v) is 4.28. The van der Waals surface area contributed by atoms with E-state index in [2.05, 4.69) is 15.1 Å². The van der Waals surface area contributed by atoms with Gasteiger partial charge in [-0.2, -0.15) is 18.3 Å². The fourth-order valence-electron chi connectivity index (χ4n) is 1.71. The number of H-pyrrole nitrogens is 1. The molecule has 22 heavy (non-hydrogen) atoms. The molecule has 5 nitrogen and oxygen atoms in total. The van der Waals surface area contributed by atoms with Crippen LogP contribution in [0, 0.1) is 0 Å². The normalized spacial score (nSPS) is 11.4. The Morgan fingerprint density at radius 3 is 2.36 bits per heavy atom. The number of alkyl halides is 3. The van der Waals surface area contributed by atoms with E-state index in [0.717, 1.165) is 0 Å². The predicted octanol–water partition coefficient (Wildman–Crippen LogP) is 3.68. The number of halogens is 3. The van der Waals surface area contributed by atoms with E-state index >= 15 is 0 Å². The van der Waals surface area contributed by atoms with Crippen molar-refractivity contribution in [1.82, 2.24) is 20.2 Å². The molecule has 0 spiro atoms. The maximum atomic E-state index is 12.5. The molecule has 0 aliphatic heterocycles. The molecule has 0 aliphatic rings. The standard InChI is InChI=1S/C14H9F3N4O/c15-14(16,17)13-19-12(20-21-13)10-7-4-8-11(18-10)22-9-5-2-1-3-6-9/h1-8H,(H,19,20,21). The summed E-state index contributed by atoms with van der Waals surface area (Å²) in [6.07, 6.45) is -4.58. The van der Waals surface area contributed by atoms with Gasteiger partial charge in [-0.3, -0.25) is 5.10 Å². The second kappa shape index (κ2) is 5.47. The van der Waals surface area contributed by atoms with Crippen LogP contribution in [0.3, 0.4) is 0 Å². The van der Waals surface area contributed by atoms with Crippen molar-refractivity contribution in [3.63, 3.8) is 0 Å². The molecule has 0 atom stereocenters. The zero-order valence-electron chi connectivity index (χ0n) is 11.0. The maximum absolute atomic E-state index is 12.5. The summed E-state index contributed by atoms with van der Waals surface area (Å²) in [4.78, 5) is 7.49. The first kappa shape index (κ1) is 14.1. The second-order valence-electron chi connectivity index (χ2n) is 4.28. The summed E-state index contributed by atoms with van der Waals surface area (Å²) in [6, 6.07) is 13.6. The van der Waals surface area contributed by atoms with E-state index < -0.39 is 12.0 Å². The molecule has 1 N–H and O–H groups in total. The Morgan fingerprint density at radius 2 is 1.68 bits per heavy atom. The fourth-order valence-corrected chi connectivity index (χ4v) is 1.71. The van der Waals surface area contributed by atoms with Gasteiger partial charge in [-0.1, -0.05) is 24.3 Å². The first-order valence-electron chi connectivity index (χ1n) is 6.22. The van der Waals surface area contributed by atoms with Crippen molar-refractivity contribution in [3.8, 4) is 23.1 Å². The molecule has 0 aliphatic carbocycles. The zero-order valence-corrected chi connectivity index (χ0v) is 11.0. The van der Waals surface area contributed by atoms with Crippen LogP contribution in [0.15, 0.2) is 48.5 Å². The number of hydrogen-bond donors (Lipinski definition) is 1. The highest BCUT2D eigenvalue weighted by molar-refractivity contribution is 5.49. The van der Waals surface area contributed by atoms with Crippen LogP contribution in [-0.4, -0.2) is 20.2 Å². The van der Waals surface area contributed by atoms with Crippen molar-refractivity contribution < 1.29 is 17.9 Å². The average Bonchev–Trinajstić information content (AvgIpc) is 2.99. The van der Waals surface area contributed by atoms with Crippen LogP contribution in [-0.2, 0) is 6.18 Å². The Morgan fingerprint density at radius 1 is 0.909 bits per heavy atom.